The largest absolute Gasteiger partial charge is 0.507 e. The van der Waals surface area contributed by atoms with Crippen LogP contribution in [0.1, 0.15) is 52.8 Å². The van der Waals surface area contributed by atoms with Crippen molar-refractivity contribution in [3.63, 3.8) is 0 Å². The first-order valence-corrected chi connectivity index (χ1v) is 18.5. The number of fused-ring (bicyclic) bond motifs is 2. The number of nitriles is 1. The minimum atomic E-state index is -0.655. The van der Waals surface area contributed by atoms with Crippen molar-refractivity contribution in [3.05, 3.63) is 106 Å². The van der Waals surface area contributed by atoms with E-state index in [1.807, 2.05) is 44.2 Å². The lowest BCUT2D eigenvalue weighted by Crippen LogP contribution is -2.21. The van der Waals surface area contributed by atoms with E-state index in [0.29, 0.717) is 22.9 Å². The lowest BCUT2D eigenvalue weighted by molar-refractivity contribution is -0.135. The molecule has 4 aromatic carbocycles. The van der Waals surface area contributed by atoms with E-state index in [9.17, 15) is 28.3 Å². The van der Waals surface area contributed by atoms with Crippen LogP contribution in [-0.4, -0.2) is 53.6 Å². The Bertz CT molecular complexity index is 2650. The number of hydrogen-bond donors (Lipinski definition) is 3. The van der Waals surface area contributed by atoms with Gasteiger partial charge in [0, 0.05) is 74.6 Å². The van der Waals surface area contributed by atoms with Crippen LogP contribution in [0.2, 0.25) is 0 Å². The molecule has 0 bridgehead atoms. The van der Waals surface area contributed by atoms with Gasteiger partial charge in [0.25, 0.3) is 0 Å². The molecule has 6 rings (SSSR count). The summed E-state index contributed by atoms with van der Waals surface area (Å²) in [4.78, 5) is 41.9. The molecule has 0 amide bonds. The molecule has 0 unspecified atom stereocenters. The molecular formula is C45H45F2N5O8. The molecule has 2 aromatic heterocycles. The number of phenolic OH excluding ortho intramolecular Hbond substituents is 2. The van der Waals surface area contributed by atoms with E-state index < -0.39 is 23.2 Å². The maximum absolute atomic E-state index is 13.3. The number of halogens is 2. The van der Waals surface area contributed by atoms with Crippen molar-refractivity contribution in [2.45, 2.75) is 41.0 Å². The molecule has 0 radical (unpaired) electrons. The second kappa shape index (κ2) is 23.4. The fraction of sp³-hybridized carbons (Fsp3) is 0.222. The average Bonchev–Trinajstić information content (AvgIpc) is 3.65. The highest BCUT2D eigenvalue weighted by molar-refractivity contribution is 5.85. The topological polar surface area (TPSA) is 196 Å². The second-order valence-corrected chi connectivity index (χ2v) is 12.1. The number of anilines is 3. The molecule has 4 N–H and O–H groups in total. The van der Waals surface area contributed by atoms with Gasteiger partial charge in [0.2, 0.25) is 5.89 Å². The van der Waals surface area contributed by atoms with Crippen molar-refractivity contribution in [2.24, 2.45) is 0 Å². The van der Waals surface area contributed by atoms with E-state index in [4.69, 9.17) is 24.9 Å². The van der Waals surface area contributed by atoms with E-state index in [1.54, 1.807) is 31.2 Å². The number of nitrogens with two attached hydrogens (primary N) is 1. The van der Waals surface area contributed by atoms with E-state index >= 15 is 0 Å². The van der Waals surface area contributed by atoms with E-state index in [-0.39, 0.29) is 42.1 Å². The molecule has 60 heavy (non-hydrogen) atoms. The Labute approximate surface area is 346 Å². The molecule has 2 heterocycles. The third-order valence-corrected chi connectivity index (χ3v) is 8.32. The van der Waals surface area contributed by atoms with Gasteiger partial charge < -0.3 is 39.3 Å². The number of aldehydes is 1. The molecular weight excluding hydrogens is 777 g/mol. The van der Waals surface area contributed by atoms with Crippen molar-refractivity contribution in [3.8, 4) is 52.9 Å². The van der Waals surface area contributed by atoms with Gasteiger partial charge in [0.1, 0.15) is 52.3 Å². The Morgan fingerprint density at radius 3 is 2.07 bits per heavy atom. The fourth-order valence-electron chi connectivity index (χ4n) is 5.25. The van der Waals surface area contributed by atoms with E-state index in [2.05, 4.69) is 51.1 Å². The Kier molecular flexibility index (Phi) is 18.2. The zero-order chi connectivity index (χ0) is 44.2. The van der Waals surface area contributed by atoms with Gasteiger partial charge in [0.05, 0.1) is 17.3 Å². The van der Waals surface area contributed by atoms with Gasteiger partial charge in [-0.1, -0.05) is 5.92 Å². The first kappa shape index (κ1) is 46.6. The van der Waals surface area contributed by atoms with Crippen molar-refractivity contribution < 1.29 is 43.6 Å². The highest BCUT2D eigenvalue weighted by Crippen LogP contribution is 2.28. The van der Waals surface area contributed by atoms with Gasteiger partial charge >= 0.3 is 11.6 Å². The first-order valence-electron chi connectivity index (χ1n) is 18.5. The highest BCUT2D eigenvalue weighted by atomic mass is 19.1. The van der Waals surface area contributed by atoms with Gasteiger partial charge in [-0.05, 0) is 95.1 Å². The van der Waals surface area contributed by atoms with Crippen LogP contribution >= 0.6 is 0 Å². The normalized spacial score (nSPS) is 9.70. The van der Waals surface area contributed by atoms with Crippen molar-refractivity contribution in [2.75, 3.05) is 41.7 Å². The molecule has 6 aromatic rings. The summed E-state index contributed by atoms with van der Waals surface area (Å²) in [6.07, 6.45) is 2.42. The minimum absolute atomic E-state index is 0. The SMILES string of the molecule is CC#CC#COC(=O)CC#N.CCN(CC)c1ccc(C=O)c(O)c1.CCN(CC)c1ccc2cc(-c3nc4ccc(F)cc4o3)c(=O)oc2c1.Nc1ccc(F)cc1O.[HH]. The summed E-state index contributed by atoms with van der Waals surface area (Å²) in [5.41, 5.74) is 8.59. The predicted octanol–water partition coefficient (Wildman–Crippen LogP) is 8.42. The molecule has 0 atom stereocenters. The zero-order valence-electron chi connectivity index (χ0n) is 33.6. The number of esters is 1. The summed E-state index contributed by atoms with van der Waals surface area (Å²) in [6.45, 7) is 13.4. The number of aromatic hydroxyl groups is 2. The fourth-order valence-corrected chi connectivity index (χ4v) is 5.25. The Morgan fingerprint density at radius 2 is 1.48 bits per heavy atom. The predicted molar refractivity (Wildman–Crippen MR) is 228 cm³/mol. The highest BCUT2D eigenvalue weighted by Gasteiger charge is 2.16. The number of aromatic nitrogens is 1. The molecule has 13 nitrogen and oxygen atoms in total. The van der Waals surface area contributed by atoms with Crippen LogP contribution in [-0.2, 0) is 9.53 Å². The van der Waals surface area contributed by atoms with Crippen LogP contribution in [0, 0.1) is 46.8 Å². The minimum Gasteiger partial charge on any atom is -0.507 e. The van der Waals surface area contributed by atoms with Crippen LogP contribution in [0.3, 0.4) is 0 Å². The third kappa shape index (κ3) is 13.4. The summed E-state index contributed by atoms with van der Waals surface area (Å²) < 4.78 is 40.7. The summed E-state index contributed by atoms with van der Waals surface area (Å²) in [6, 6.07) is 21.7. The van der Waals surface area contributed by atoms with Gasteiger partial charge in [-0.15, -0.1) is 0 Å². The second-order valence-electron chi connectivity index (χ2n) is 12.1. The van der Waals surface area contributed by atoms with Crippen molar-refractivity contribution >= 4 is 51.4 Å². The summed E-state index contributed by atoms with van der Waals surface area (Å²) in [5, 5.41) is 27.0. The molecule has 15 heteroatoms. The lowest BCUT2D eigenvalue weighted by Gasteiger charge is -2.21. The molecule has 312 valence electrons. The van der Waals surface area contributed by atoms with Crippen LogP contribution in [0.5, 0.6) is 11.5 Å². The van der Waals surface area contributed by atoms with Gasteiger partial charge in [-0.2, -0.15) is 5.26 Å². The number of phenols is 2. The molecule has 0 aliphatic heterocycles. The summed E-state index contributed by atoms with van der Waals surface area (Å²) in [7, 11) is 0. The number of carbonyl (C=O) groups is 2. The Morgan fingerprint density at radius 1 is 0.850 bits per heavy atom. The number of hydrogen-bond acceptors (Lipinski definition) is 13. The standard InChI is InChI=1S/C20H17FN2O3.C11H15NO2.C8H5NO2.C6H6FNO.H2/c1-3-23(4-2)14-7-5-12-9-15(20(24)26-17(12)11-14)19-22-16-8-6-13(21)10-18(16)25-19;1-3-12(4-2)10-6-5-9(8-13)11(14)7-10;1-2-3-4-7-11-8(10)5-6-9;7-4-1-2-5(8)6(9)3-4;/h5-11H,3-4H2,1-2H3;5-8,14H,3-4H2,1-2H3;5H2,1H3;1-3,9H,8H2;1H. The lowest BCUT2D eigenvalue weighted by atomic mass is 10.1. The molecule has 0 fully saturated rings. The Hall–Kier alpha value is -7.83. The van der Waals surface area contributed by atoms with Crippen LogP contribution in [0.25, 0.3) is 33.5 Å². The zero-order valence-corrected chi connectivity index (χ0v) is 33.6. The molecule has 0 aliphatic carbocycles. The van der Waals surface area contributed by atoms with Crippen molar-refractivity contribution in [1.82, 2.24) is 4.98 Å². The number of nitrogens with zero attached hydrogens (tertiary/aromatic N) is 4. The maximum atomic E-state index is 13.3. The smallest absolute Gasteiger partial charge is 0.349 e. The Balaban J connectivity index is 0.000000310. The van der Waals surface area contributed by atoms with Gasteiger partial charge in [-0.3, -0.25) is 4.79 Å². The molecule has 0 spiro atoms. The van der Waals surface area contributed by atoms with Crippen LogP contribution < -0.4 is 21.2 Å². The number of ether oxygens (including phenoxy) is 1. The molecule has 0 saturated heterocycles. The molecule has 0 saturated carbocycles. The molecule has 0 aliphatic rings. The summed E-state index contributed by atoms with van der Waals surface area (Å²) >= 11 is 0. The number of carbonyl (C=O) groups excluding carboxylic acids is 2. The van der Waals surface area contributed by atoms with Crippen molar-refractivity contribution in [1.29, 1.82) is 5.26 Å². The number of rotatable bonds is 9. The number of oxazole rings is 1. The monoisotopic (exact) mass is 821 g/mol. The summed E-state index contributed by atoms with van der Waals surface area (Å²) in [5.74, 6) is 5.52. The van der Waals surface area contributed by atoms with Crippen LogP contribution in [0.15, 0.2) is 92.5 Å². The average molecular weight is 822 g/mol. The number of nitrogen functional groups attached to an aromatic ring is 1. The van der Waals surface area contributed by atoms with E-state index in [1.165, 1.54) is 30.3 Å². The quantitative estimate of drug-likeness (QED) is 0.0314. The van der Waals surface area contributed by atoms with Gasteiger partial charge in [0.15, 0.2) is 11.9 Å². The third-order valence-electron chi connectivity index (χ3n) is 8.32. The maximum Gasteiger partial charge on any atom is 0.349 e. The number of benzene rings is 4. The van der Waals surface area contributed by atoms with Crippen LogP contribution in [0.4, 0.5) is 25.8 Å². The van der Waals surface area contributed by atoms with E-state index in [0.717, 1.165) is 49.0 Å². The first-order chi connectivity index (χ1) is 28.8. The van der Waals surface area contributed by atoms with Gasteiger partial charge in [-0.25, -0.2) is 23.4 Å².